The van der Waals surface area contributed by atoms with Crippen molar-refractivity contribution in [3.63, 3.8) is 0 Å². The van der Waals surface area contributed by atoms with Crippen molar-refractivity contribution in [1.82, 2.24) is 0 Å². The smallest absolute Gasteiger partial charge is 0.0963 e. The summed E-state index contributed by atoms with van der Waals surface area (Å²) in [5, 5.41) is 13.4. The van der Waals surface area contributed by atoms with Gasteiger partial charge in [0.05, 0.1) is 6.10 Å². The van der Waals surface area contributed by atoms with E-state index in [1.165, 1.54) is 9.40 Å². The van der Waals surface area contributed by atoms with E-state index < -0.39 is 6.10 Å². The Bertz CT molecular complexity index is 676. The minimum absolute atomic E-state index is 0.111. The van der Waals surface area contributed by atoms with Gasteiger partial charge in [0.15, 0.2) is 0 Å². The lowest BCUT2D eigenvalue weighted by Crippen LogP contribution is -2.19. The van der Waals surface area contributed by atoms with E-state index in [9.17, 15) is 5.11 Å². The first-order valence-electron chi connectivity index (χ1n) is 6.29. The highest BCUT2D eigenvalue weighted by Gasteiger charge is 2.23. The molecule has 0 aliphatic rings. The third-order valence-corrected chi connectivity index (χ3v) is 5.80. The van der Waals surface area contributed by atoms with Gasteiger partial charge in [-0.3, -0.25) is 0 Å². The zero-order valence-electron chi connectivity index (χ0n) is 10.6. The van der Waals surface area contributed by atoms with Gasteiger partial charge in [0.2, 0.25) is 0 Å². The molecule has 3 N–H and O–H groups in total. The molecule has 0 aliphatic carbocycles. The summed E-state index contributed by atoms with van der Waals surface area (Å²) < 4.78 is 2.44. The average molecular weight is 324 g/mol. The van der Waals surface area contributed by atoms with E-state index >= 15 is 0 Å². The SMILES string of the molecule is NCC(c1ccc(Cl)cc1)C(O)c1cc2sccc2s1. The molecular weight excluding hydrogens is 310 g/mol. The highest BCUT2D eigenvalue weighted by Crippen LogP contribution is 2.38. The van der Waals surface area contributed by atoms with E-state index in [1.54, 1.807) is 22.7 Å². The molecule has 0 saturated heterocycles. The van der Waals surface area contributed by atoms with Crippen LogP contribution in [0.1, 0.15) is 22.5 Å². The summed E-state index contributed by atoms with van der Waals surface area (Å²) >= 11 is 9.23. The molecule has 0 amide bonds. The van der Waals surface area contributed by atoms with Crippen molar-refractivity contribution < 1.29 is 5.11 Å². The quantitative estimate of drug-likeness (QED) is 0.748. The predicted octanol–water partition coefficient (Wildman–Crippen LogP) is 4.39. The second-order valence-electron chi connectivity index (χ2n) is 4.64. The molecule has 3 aromatic rings. The van der Waals surface area contributed by atoms with Crippen molar-refractivity contribution in [3.8, 4) is 0 Å². The van der Waals surface area contributed by atoms with Crippen LogP contribution in [0.3, 0.4) is 0 Å². The normalized spacial score (nSPS) is 14.6. The van der Waals surface area contributed by atoms with E-state index in [4.69, 9.17) is 17.3 Å². The lowest BCUT2D eigenvalue weighted by atomic mass is 9.92. The molecule has 2 atom stereocenters. The first kappa shape index (κ1) is 14.0. The van der Waals surface area contributed by atoms with Crippen LogP contribution in [-0.4, -0.2) is 11.7 Å². The van der Waals surface area contributed by atoms with Gasteiger partial charge in [-0.25, -0.2) is 0 Å². The first-order valence-corrected chi connectivity index (χ1v) is 8.37. The zero-order chi connectivity index (χ0) is 14.1. The van der Waals surface area contributed by atoms with Crippen LogP contribution in [0.2, 0.25) is 5.02 Å². The van der Waals surface area contributed by atoms with E-state index in [-0.39, 0.29) is 5.92 Å². The second kappa shape index (κ2) is 5.84. The molecule has 2 heterocycles. The molecule has 0 saturated carbocycles. The number of benzene rings is 1. The highest BCUT2D eigenvalue weighted by atomic mass is 35.5. The van der Waals surface area contributed by atoms with Crippen molar-refractivity contribution in [2.45, 2.75) is 12.0 Å². The third kappa shape index (κ3) is 2.62. The number of aliphatic hydroxyl groups excluding tert-OH is 1. The van der Waals surface area contributed by atoms with E-state index in [0.717, 1.165) is 10.4 Å². The van der Waals surface area contributed by atoms with Gasteiger partial charge < -0.3 is 10.8 Å². The fourth-order valence-electron chi connectivity index (χ4n) is 2.29. The number of halogens is 1. The zero-order valence-corrected chi connectivity index (χ0v) is 13.0. The molecule has 3 rings (SSSR count). The average Bonchev–Trinajstić information content (AvgIpc) is 3.02. The first-order chi connectivity index (χ1) is 9.69. The van der Waals surface area contributed by atoms with Gasteiger partial charge in [0.25, 0.3) is 0 Å². The Morgan fingerprint density at radius 1 is 1.15 bits per heavy atom. The maximum Gasteiger partial charge on any atom is 0.0963 e. The van der Waals surface area contributed by atoms with Gasteiger partial charge in [-0.2, -0.15) is 0 Å². The van der Waals surface area contributed by atoms with Gasteiger partial charge in [-0.15, -0.1) is 22.7 Å². The fourth-order valence-corrected chi connectivity index (χ4v) is 4.58. The maximum absolute atomic E-state index is 10.6. The number of hydrogen-bond acceptors (Lipinski definition) is 4. The summed E-state index contributed by atoms with van der Waals surface area (Å²) in [6, 6.07) is 11.7. The predicted molar refractivity (Wildman–Crippen MR) is 87.9 cm³/mol. The number of hydrogen-bond donors (Lipinski definition) is 2. The molecule has 0 spiro atoms. The van der Waals surface area contributed by atoms with Crippen LogP contribution in [0, 0.1) is 0 Å². The summed E-state index contributed by atoms with van der Waals surface area (Å²) in [7, 11) is 0. The Labute approximate surface area is 130 Å². The van der Waals surface area contributed by atoms with Gasteiger partial charge >= 0.3 is 0 Å². The fraction of sp³-hybridized carbons (Fsp3) is 0.200. The summed E-state index contributed by atoms with van der Waals surface area (Å²) in [6.45, 7) is 0.397. The number of rotatable bonds is 4. The largest absolute Gasteiger partial charge is 0.387 e. The molecule has 0 radical (unpaired) electrons. The lowest BCUT2D eigenvalue weighted by Gasteiger charge is -2.21. The Morgan fingerprint density at radius 2 is 1.90 bits per heavy atom. The van der Waals surface area contributed by atoms with Gasteiger partial charge in [-0.05, 0) is 35.2 Å². The van der Waals surface area contributed by atoms with Gasteiger partial charge in [0, 0.05) is 31.8 Å². The molecule has 0 bridgehead atoms. The van der Waals surface area contributed by atoms with Crippen molar-refractivity contribution in [1.29, 1.82) is 0 Å². The topological polar surface area (TPSA) is 46.2 Å². The Balaban J connectivity index is 1.91. The summed E-state index contributed by atoms with van der Waals surface area (Å²) in [5.74, 6) is -0.111. The molecule has 2 aromatic heterocycles. The van der Waals surface area contributed by atoms with Crippen molar-refractivity contribution in [3.05, 3.63) is 57.2 Å². The molecule has 104 valence electrons. The Hall–Kier alpha value is -0.910. The van der Waals surface area contributed by atoms with Gasteiger partial charge in [-0.1, -0.05) is 23.7 Å². The Kier molecular flexibility index (Phi) is 4.10. The van der Waals surface area contributed by atoms with E-state index in [1.807, 2.05) is 24.3 Å². The number of fused-ring (bicyclic) bond motifs is 1. The molecule has 0 fully saturated rings. The number of nitrogens with two attached hydrogens (primary N) is 1. The van der Waals surface area contributed by atoms with Crippen LogP contribution in [-0.2, 0) is 0 Å². The molecule has 20 heavy (non-hydrogen) atoms. The maximum atomic E-state index is 10.6. The van der Waals surface area contributed by atoms with Crippen LogP contribution in [0.25, 0.3) is 9.40 Å². The molecule has 2 nitrogen and oxygen atoms in total. The van der Waals surface area contributed by atoms with Gasteiger partial charge in [0.1, 0.15) is 0 Å². The van der Waals surface area contributed by atoms with Crippen LogP contribution in [0.4, 0.5) is 0 Å². The monoisotopic (exact) mass is 323 g/mol. The molecule has 0 aliphatic heterocycles. The summed E-state index contributed by atoms with van der Waals surface area (Å²) in [6.07, 6.45) is -0.578. The standard InChI is InChI=1S/C15H14ClNOS2/c16-10-3-1-9(2-4-10)11(8-17)15(18)14-7-13-12(20-14)5-6-19-13/h1-7,11,15,18H,8,17H2. The second-order valence-corrected chi connectivity index (χ2v) is 7.14. The van der Waals surface area contributed by atoms with Crippen LogP contribution in [0.5, 0.6) is 0 Å². The third-order valence-electron chi connectivity index (χ3n) is 3.38. The van der Waals surface area contributed by atoms with E-state index in [2.05, 4.69) is 17.5 Å². The van der Waals surface area contributed by atoms with Crippen molar-refractivity contribution in [2.75, 3.05) is 6.54 Å². The molecule has 5 heteroatoms. The Morgan fingerprint density at radius 3 is 2.55 bits per heavy atom. The van der Waals surface area contributed by atoms with Crippen LogP contribution >= 0.6 is 34.3 Å². The summed E-state index contributed by atoms with van der Waals surface area (Å²) in [5.41, 5.74) is 6.88. The minimum Gasteiger partial charge on any atom is -0.387 e. The lowest BCUT2D eigenvalue weighted by molar-refractivity contribution is 0.151. The molecule has 2 unspecified atom stereocenters. The van der Waals surface area contributed by atoms with Crippen molar-refractivity contribution in [2.24, 2.45) is 5.73 Å². The van der Waals surface area contributed by atoms with E-state index in [0.29, 0.717) is 11.6 Å². The number of aliphatic hydroxyl groups is 1. The summed E-state index contributed by atoms with van der Waals surface area (Å²) in [4.78, 5) is 0.970. The molecular formula is C15H14ClNOS2. The van der Waals surface area contributed by atoms with Crippen LogP contribution in [0.15, 0.2) is 41.8 Å². The highest BCUT2D eigenvalue weighted by molar-refractivity contribution is 7.26. The van der Waals surface area contributed by atoms with Crippen LogP contribution < -0.4 is 5.73 Å². The minimum atomic E-state index is -0.578. The molecule has 1 aromatic carbocycles. The van der Waals surface area contributed by atoms with Crippen molar-refractivity contribution >= 4 is 43.7 Å². The number of thiophene rings is 2.